The van der Waals surface area contributed by atoms with Gasteiger partial charge in [0.25, 0.3) is 0 Å². The molecule has 3 heterocycles. The molecule has 0 radical (unpaired) electrons. The molecule has 2 aromatic heterocycles. The minimum absolute atomic E-state index is 0. The van der Waals surface area contributed by atoms with E-state index in [0.717, 1.165) is 37.4 Å². The second kappa shape index (κ2) is 9.91. The number of halogens is 5. The highest BCUT2D eigenvalue weighted by atomic mass is 35.5. The summed E-state index contributed by atoms with van der Waals surface area (Å²) in [4.78, 5) is 21.5. The Labute approximate surface area is 190 Å². The molecule has 1 N–H and O–H groups in total. The predicted octanol–water partition coefficient (Wildman–Crippen LogP) is 5.34. The van der Waals surface area contributed by atoms with Crippen LogP contribution in [0.2, 0.25) is 0 Å². The van der Waals surface area contributed by atoms with Crippen molar-refractivity contribution in [3.63, 3.8) is 0 Å². The number of aromatic nitrogens is 2. The Bertz CT molecular complexity index is 861. The smallest absolute Gasteiger partial charge is 0.433 e. The summed E-state index contributed by atoms with van der Waals surface area (Å²) < 4.78 is 43.5. The largest absolute Gasteiger partial charge is 0.441 e. The van der Waals surface area contributed by atoms with E-state index in [1.165, 1.54) is 12.3 Å². The van der Waals surface area contributed by atoms with Crippen LogP contribution in [-0.2, 0) is 10.9 Å². The molecule has 1 spiro atoms. The van der Waals surface area contributed by atoms with Gasteiger partial charge < -0.3 is 10.1 Å². The van der Waals surface area contributed by atoms with Crippen LogP contribution in [0.3, 0.4) is 0 Å². The quantitative estimate of drug-likeness (QED) is 0.642. The number of rotatable bonds is 4. The third kappa shape index (κ3) is 5.71. The Hall–Kier alpha value is -2.26. The minimum atomic E-state index is -4.43. The van der Waals surface area contributed by atoms with Gasteiger partial charge in [-0.05, 0) is 55.9 Å². The number of carbonyl (C=O) groups excluding carboxylic acids is 1. The van der Waals surface area contributed by atoms with Crippen molar-refractivity contribution in [1.82, 2.24) is 9.97 Å². The maximum absolute atomic E-state index is 12.6. The molecular formula is C20H23Cl2F3N4O2. The zero-order valence-electron chi connectivity index (χ0n) is 16.5. The minimum Gasteiger partial charge on any atom is -0.441 e. The van der Waals surface area contributed by atoms with E-state index in [-0.39, 0.29) is 30.9 Å². The maximum Gasteiger partial charge on any atom is 0.433 e. The molecule has 4 rings (SSSR count). The number of ether oxygens (including phenoxy) is 1. The van der Waals surface area contributed by atoms with E-state index < -0.39 is 17.5 Å². The van der Waals surface area contributed by atoms with Gasteiger partial charge in [-0.15, -0.1) is 24.8 Å². The van der Waals surface area contributed by atoms with Crippen molar-refractivity contribution in [1.29, 1.82) is 0 Å². The van der Waals surface area contributed by atoms with Crippen LogP contribution in [0.5, 0.6) is 0 Å². The summed E-state index contributed by atoms with van der Waals surface area (Å²) in [6, 6.07) is 5.99. The Morgan fingerprint density at radius 2 is 1.90 bits per heavy atom. The molecule has 0 atom stereocenters. The molecule has 1 saturated heterocycles. The van der Waals surface area contributed by atoms with Crippen molar-refractivity contribution < 1.29 is 22.7 Å². The predicted molar refractivity (Wildman–Crippen MR) is 115 cm³/mol. The van der Waals surface area contributed by atoms with Crippen LogP contribution in [-0.4, -0.2) is 34.8 Å². The summed E-state index contributed by atoms with van der Waals surface area (Å²) in [5.74, 6) is 0.356. The summed E-state index contributed by atoms with van der Waals surface area (Å²) in [7, 11) is 0. The van der Waals surface area contributed by atoms with Crippen LogP contribution in [0, 0.1) is 5.92 Å². The Morgan fingerprint density at radius 1 is 1.16 bits per heavy atom. The lowest BCUT2D eigenvalue weighted by Gasteiger charge is -2.35. The van der Waals surface area contributed by atoms with Crippen LogP contribution < -0.4 is 10.2 Å². The van der Waals surface area contributed by atoms with Crippen molar-refractivity contribution in [2.75, 3.05) is 23.3 Å². The molecule has 2 aliphatic rings. The fourth-order valence-corrected chi connectivity index (χ4v) is 3.93. The monoisotopic (exact) mass is 478 g/mol. The number of pyridine rings is 2. The van der Waals surface area contributed by atoms with E-state index in [1.54, 1.807) is 23.4 Å². The lowest BCUT2D eigenvalue weighted by atomic mass is 9.78. The highest BCUT2D eigenvalue weighted by Crippen LogP contribution is 2.40. The van der Waals surface area contributed by atoms with E-state index in [9.17, 15) is 18.0 Å². The number of amides is 1. The van der Waals surface area contributed by atoms with Crippen molar-refractivity contribution in [3.8, 4) is 0 Å². The van der Waals surface area contributed by atoms with E-state index in [2.05, 4.69) is 15.3 Å². The molecule has 1 saturated carbocycles. The first kappa shape index (κ1) is 25.0. The molecule has 31 heavy (non-hydrogen) atoms. The molecule has 1 aliphatic heterocycles. The summed E-state index contributed by atoms with van der Waals surface area (Å²) in [5.41, 5.74) is -0.0792. The fourth-order valence-electron chi connectivity index (χ4n) is 3.93. The van der Waals surface area contributed by atoms with Gasteiger partial charge in [0, 0.05) is 12.7 Å². The molecular weight excluding hydrogens is 456 g/mol. The molecule has 2 aromatic rings. The van der Waals surface area contributed by atoms with Crippen molar-refractivity contribution in [3.05, 3.63) is 48.5 Å². The average molecular weight is 479 g/mol. The normalized spacial score (nSPS) is 23.0. The van der Waals surface area contributed by atoms with Crippen LogP contribution >= 0.6 is 24.8 Å². The zero-order valence-corrected chi connectivity index (χ0v) is 18.1. The van der Waals surface area contributed by atoms with Crippen LogP contribution in [0.4, 0.5) is 29.3 Å². The summed E-state index contributed by atoms with van der Waals surface area (Å²) in [6.45, 7) is 1.16. The number of hydrogen-bond acceptors (Lipinski definition) is 5. The molecule has 0 bridgehead atoms. The molecule has 170 valence electrons. The Kier molecular flexibility index (Phi) is 7.99. The number of hydrogen-bond donors (Lipinski definition) is 1. The van der Waals surface area contributed by atoms with Gasteiger partial charge in [0.05, 0.1) is 30.3 Å². The fraction of sp³-hybridized carbons (Fsp3) is 0.450. The average Bonchev–Trinajstić information content (AvgIpc) is 3.04. The van der Waals surface area contributed by atoms with Gasteiger partial charge in [-0.1, -0.05) is 0 Å². The molecule has 0 aromatic carbocycles. The van der Waals surface area contributed by atoms with Gasteiger partial charge >= 0.3 is 12.3 Å². The zero-order chi connectivity index (χ0) is 20.5. The van der Waals surface area contributed by atoms with Crippen molar-refractivity contribution >= 4 is 42.3 Å². The van der Waals surface area contributed by atoms with Crippen molar-refractivity contribution in [2.45, 2.75) is 37.5 Å². The third-order valence-electron chi connectivity index (χ3n) is 5.59. The number of anilines is 2. The van der Waals surface area contributed by atoms with E-state index in [4.69, 9.17) is 4.74 Å². The third-order valence-corrected chi connectivity index (χ3v) is 5.59. The molecule has 6 nitrogen and oxygen atoms in total. The van der Waals surface area contributed by atoms with Crippen molar-refractivity contribution in [2.24, 2.45) is 5.92 Å². The van der Waals surface area contributed by atoms with Crippen LogP contribution in [0.15, 0.2) is 42.9 Å². The number of nitrogens with one attached hydrogen (secondary N) is 1. The second-order valence-corrected chi connectivity index (χ2v) is 7.60. The van der Waals surface area contributed by atoms with Gasteiger partial charge in [-0.25, -0.2) is 9.78 Å². The number of nitrogens with zero attached hydrogens (tertiary/aromatic N) is 3. The Balaban J connectivity index is 0.00000171. The van der Waals surface area contributed by atoms with Crippen LogP contribution in [0.1, 0.15) is 31.4 Å². The first-order valence-electron chi connectivity index (χ1n) is 9.52. The number of alkyl halides is 3. The standard InChI is InChI=1S/C20H21F3N4O2.2ClH/c21-20(22,23)17-4-3-15(11-26-17)25-10-14-5-7-19(8-6-14)13-27(18(28)29-19)16-2-1-9-24-12-16;;/h1-4,9,11-12,14,25H,5-8,10,13H2;2*1H/t14-,19-;;. The number of carbonyl (C=O) groups is 1. The molecule has 2 fully saturated rings. The van der Waals surface area contributed by atoms with E-state index >= 15 is 0 Å². The van der Waals surface area contributed by atoms with E-state index in [1.807, 2.05) is 6.07 Å². The first-order valence-corrected chi connectivity index (χ1v) is 9.52. The summed E-state index contributed by atoms with van der Waals surface area (Å²) >= 11 is 0. The van der Waals surface area contributed by atoms with Crippen LogP contribution in [0.25, 0.3) is 0 Å². The van der Waals surface area contributed by atoms with E-state index in [0.29, 0.717) is 24.7 Å². The van der Waals surface area contributed by atoms with Gasteiger partial charge in [0.15, 0.2) is 0 Å². The summed E-state index contributed by atoms with van der Waals surface area (Å²) in [6.07, 6.45) is 2.99. The first-order chi connectivity index (χ1) is 13.8. The van der Waals surface area contributed by atoms with Gasteiger partial charge in [-0.2, -0.15) is 13.2 Å². The lowest BCUT2D eigenvalue weighted by Crippen LogP contribution is -2.39. The highest BCUT2D eigenvalue weighted by Gasteiger charge is 2.47. The lowest BCUT2D eigenvalue weighted by molar-refractivity contribution is -0.141. The molecule has 1 amide bonds. The second-order valence-electron chi connectivity index (χ2n) is 7.60. The Morgan fingerprint density at radius 3 is 2.48 bits per heavy atom. The SMILES string of the molecule is Cl.Cl.O=C1O[C@]2(CC[C@H](CNc3ccc(C(F)(F)F)nc3)CC2)CN1c1cccnc1. The van der Waals surface area contributed by atoms with Gasteiger partial charge in [0.2, 0.25) is 0 Å². The maximum atomic E-state index is 12.6. The topological polar surface area (TPSA) is 67.3 Å². The highest BCUT2D eigenvalue weighted by molar-refractivity contribution is 5.90. The molecule has 1 aliphatic carbocycles. The van der Waals surface area contributed by atoms with Gasteiger partial charge in [-0.3, -0.25) is 9.88 Å². The molecule has 0 unspecified atom stereocenters. The summed E-state index contributed by atoms with van der Waals surface area (Å²) in [5, 5.41) is 3.16. The van der Waals surface area contributed by atoms with Gasteiger partial charge in [0.1, 0.15) is 11.3 Å². The molecule has 11 heteroatoms.